The molecule has 0 aliphatic carbocycles. The SMILES string of the molecule is C#[N+]CCC(=CC)C1=NNC(NC(=O)c2csc(-c3ccc4c(c3)CCO4)n2)S1. The summed E-state index contributed by atoms with van der Waals surface area (Å²) in [4.78, 5) is 20.8. The number of ether oxygens (including phenoxy) is 1. The summed E-state index contributed by atoms with van der Waals surface area (Å²) in [5, 5.41) is 10.6. The minimum absolute atomic E-state index is 0.238. The summed E-state index contributed by atoms with van der Waals surface area (Å²) in [5.74, 6) is 0.696. The maximum absolute atomic E-state index is 12.6. The van der Waals surface area contributed by atoms with Crippen LogP contribution in [0.15, 0.2) is 40.3 Å². The first-order valence-electron chi connectivity index (χ1n) is 9.22. The number of benzene rings is 1. The second-order valence-corrected chi connectivity index (χ2v) is 8.40. The smallest absolute Gasteiger partial charge is 0.273 e. The highest BCUT2D eigenvalue weighted by Gasteiger charge is 2.25. The lowest BCUT2D eigenvalue weighted by molar-refractivity contribution is 0.0942. The Labute approximate surface area is 177 Å². The van der Waals surface area contributed by atoms with Crippen LogP contribution in [-0.4, -0.2) is 34.6 Å². The van der Waals surface area contributed by atoms with Gasteiger partial charge in [0, 0.05) is 17.4 Å². The van der Waals surface area contributed by atoms with E-state index in [1.54, 1.807) is 5.38 Å². The van der Waals surface area contributed by atoms with Gasteiger partial charge in [-0.3, -0.25) is 10.2 Å². The monoisotopic (exact) mass is 426 g/mol. The number of hydrogen-bond donors (Lipinski definition) is 2. The predicted octanol–water partition coefficient (Wildman–Crippen LogP) is 3.71. The molecule has 0 fully saturated rings. The number of hydrazone groups is 1. The standard InChI is InChI=1S/C20H19N5O2S2/c1-3-12(6-8-21-2)19-24-25-20(29-19)23-17(26)15-11-28-18(22-15)14-4-5-16-13(10-14)7-9-27-16/h2-5,10-11,20,25H,6-9H2,1H3/p+1. The molecule has 0 saturated carbocycles. The van der Waals surface area contributed by atoms with E-state index in [2.05, 4.69) is 31.7 Å². The molecule has 0 radical (unpaired) electrons. The van der Waals surface area contributed by atoms with Crippen LogP contribution in [0.2, 0.25) is 0 Å². The van der Waals surface area contributed by atoms with Crippen LogP contribution in [0.25, 0.3) is 15.4 Å². The third-order valence-corrected chi connectivity index (χ3v) is 6.51. The molecule has 1 atom stereocenters. The number of carbonyl (C=O) groups excluding carboxylic acids is 1. The van der Waals surface area contributed by atoms with Crippen LogP contribution < -0.4 is 15.5 Å². The molecule has 7 nitrogen and oxygen atoms in total. The molecule has 1 amide bonds. The number of carbonyl (C=O) groups is 1. The van der Waals surface area contributed by atoms with Gasteiger partial charge >= 0.3 is 0 Å². The van der Waals surface area contributed by atoms with Crippen molar-refractivity contribution in [2.75, 3.05) is 13.2 Å². The van der Waals surface area contributed by atoms with Crippen LogP contribution in [0.4, 0.5) is 0 Å². The van der Waals surface area contributed by atoms with Gasteiger partial charge in [0.1, 0.15) is 21.5 Å². The van der Waals surface area contributed by atoms with Crippen LogP contribution in [0.5, 0.6) is 5.75 Å². The van der Waals surface area contributed by atoms with E-state index in [-0.39, 0.29) is 11.4 Å². The maximum Gasteiger partial charge on any atom is 0.273 e. The lowest BCUT2D eigenvalue weighted by atomic mass is 10.1. The van der Waals surface area contributed by atoms with Gasteiger partial charge in [-0.15, -0.1) is 11.3 Å². The van der Waals surface area contributed by atoms with Crippen LogP contribution in [-0.2, 0) is 6.42 Å². The first-order valence-corrected chi connectivity index (χ1v) is 11.0. The average Bonchev–Trinajstić information content (AvgIpc) is 3.48. The van der Waals surface area contributed by atoms with Crippen molar-refractivity contribution in [3.05, 3.63) is 51.3 Å². The van der Waals surface area contributed by atoms with Crippen LogP contribution in [0.1, 0.15) is 29.4 Å². The number of nitrogens with one attached hydrogen (secondary N) is 2. The van der Waals surface area contributed by atoms with Crippen molar-refractivity contribution in [3.8, 4) is 22.9 Å². The molecule has 0 spiro atoms. The Morgan fingerprint density at radius 2 is 2.41 bits per heavy atom. The molecule has 2 aliphatic heterocycles. The number of nitrogens with zero attached hydrogens (tertiary/aromatic N) is 3. The van der Waals surface area contributed by atoms with Gasteiger partial charge in [-0.25, -0.2) is 4.98 Å². The van der Waals surface area contributed by atoms with Gasteiger partial charge in [-0.2, -0.15) is 5.10 Å². The molecule has 1 aromatic heterocycles. The fraction of sp³-hybridized carbons (Fsp3) is 0.300. The quantitative estimate of drug-likeness (QED) is 0.736. The largest absolute Gasteiger partial charge is 0.493 e. The zero-order chi connectivity index (χ0) is 20.2. The zero-order valence-corrected chi connectivity index (χ0v) is 17.5. The molecule has 4 rings (SSSR count). The Hall–Kier alpha value is -2.83. The van der Waals surface area contributed by atoms with Crippen molar-refractivity contribution in [2.45, 2.75) is 25.3 Å². The number of thioether (sulfide) groups is 1. The summed E-state index contributed by atoms with van der Waals surface area (Å²) < 4.78 is 5.55. The van der Waals surface area contributed by atoms with Crippen molar-refractivity contribution in [1.29, 1.82) is 0 Å². The van der Waals surface area contributed by atoms with Crippen LogP contribution in [0.3, 0.4) is 0 Å². The second kappa shape index (κ2) is 8.68. The molecule has 2 N–H and O–H groups in total. The van der Waals surface area contributed by atoms with Crippen molar-refractivity contribution < 1.29 is 9.53 Å². The van der Waals surface area contributed by atoms with E-state index in [0.29, 0.717) is 18.7 Å². The molecule has 148 valence electrons. The van der Waals surface area contributed by atoms with Gasteiger partial charge in [0.05, 0.1) is 13.0 Å². The van der Waals surface area contributed by atoms with Crippen molar-refractivity contribution in [2.24, 2.45) is 5.10 Å². The molecule has 1 aromatic carbocycles. The molecule has 1 unspecified atom stereocenters. The molecular formula is C20H20N5O2S2+. The second-order valence-electron chi connectivity index (χ2n) is 6.45. The highest BCUT2D eigenvalue weighted by Crippen LogP contribution is 2.32. The van der Waals surface area contributed by atoms with Gasteiger partial charge < -0.3 is 10.1 Å². The molecular weight excluding hydrogens is 406 g/mol. The lowest BCUT2D eigenvalue weighted by Gasteiger charge is -2.10. The summed E-state index contributed by atoms with van der Waals surface area (Å²) in [7, 11) is 0. The maximum atomic E-state index is 12.6. The molecule has 9 heteroatoms. The Kier molecular flexibility index (Phi) is 5.83. The van der Waals surface area contributed by atoms with E-state index in [4.69, 9.17) is 11.3 Å². The zero-order valence-electron chi connectivity index (χ0n) is 15.8. The number of amides is 1. The highest BCUT2D eigenvalue weighted by molar-refractivity contribution is 8.15. The topological polar surface area (TPSA) is 80.0 Å². The molecule has 29 heavy (non-hydrogen) atoms. The lowest BCUT2D eigenvalue weighted by Crippen LogP contribution is -2.38. The number of allylic oxidation sites excluding steroid dienone is 1. The Morgan fingerprint density at radius 3 is 3.24 bits per heavy atom. The fourth-order valence-corrected chi connectivity index (χ4v) is 4.84. The first kappa shape index (κ1) is 19.5. The number of fused-ring (bicyclic) bond motifs is 1. The highest BCUT2D eigenvalue weighted by atomic mass is 32.2. The van der Waals surface area contributed by atoms with E-state index in [9.17, 15) is 4.79 Å². The van der Waals surface area contributed by atoms with E-state index in [0.717, 1.165) is 40.0 Å². The van der Waals surface area contributed by atoms with Crippen LogP contribution >= 0.6 is 23.1 Å². The molecule has 2 aliphatic rings. The predicted molar refractivity (Wildman–Crippen MR) is 118 cm³/mol. The fourth-order valence-electron chi connectivity index (χ4n) is 3.07. The van der Waals surface area contributed by atoms with Crippen molar-refractivity contribution in [3.63, 3.8) is 0 Å². The van der Waals surface area contributed by atoms with Crippen molar-refractivity contribution >= 4 is 34.0 Å². The molecule has 3 heterocycles. The van der Waals surface area contributed by atoms with Gasteiger partial charge in [-0.1, -0.05) is 22.7 Å². The number of hydrogen-bond acceptors (Lipinski definition) is 7. The third-order valence-electron chi connectivity index (χ3n) is 4.58. The van der Waals surface area contributed by atoms with E-state index >= 15 is 0 Å². The summed E-state index contributed by atoms with van der Waals surface area (Å²) in [6, 6.07) is 6.03. The van der Waals surface area contributed by atoms with E-state index in [1.165, 1.54) is 28.7 Å². The van der Waals surface area contributed by atoms with Gasteiger partial charge in [0.25, 0.3) is 19.0 Å². The van der Waals surface area contributed by atoms with E-state index in [1.807, 2.05) is 25.1 Å². The summed E-state index contributed by atoms with van der Waals surface area (Å²) in [6.45, 7) is 8.42. The molecule has 0 saturated heterocycles. The Morgan fingerprint density at radius 1 is 1.52 bits per heavy atom. The third kappa shape index (κ3) is 4.28. The summed E-state index contributed by atoms with van der Waals surface area (Å²) in [5.41, 5.74) is 6.22. The molecule has 0 bridgehead atoms. The average molecular weight is 427 g/mol. The minimum Gasteiger partial charge on any atom is -0.493 e. The number of thiazole rings is 1. The van der Waals surface area contributed by atoms with Gasteiger partial charge in [0.15, 0.2) is 5.50 Å². The van der Waals surface area contributed by atoms with Gasteiger partial charge in [-0.05, 0) is 36.3 Å². The summed E-state index contributed by atoms with van der Waals surface area (Å²) in [6.07, 6.45) is 3.60. The molecule has 2 aromatic rings. The Balaban J connectivity index is 1.37. The van der Waals surface area contributed by atoms with Crippen molar-refractivity contribution in [1.82, 2.24) is 15.7 Å². The first-order chi connectivity index (χ1) is 14.2. The minimum atomic E-state index is -0.343. The number of rotatable bonds is 6. The van der Waals surface area contributed by atoms with Crippen LogP contribution in [0, 0.1) is 6.57 Å². The Bertz CT molecular complexity index is 1040. The normalized spacial score (nSPS) is 17.7. The van der Waals surface area contributed by atoms with Gasteiger partial charge in [0.2, 0.25) is 0 Å². The summed E-state index contributed by atoms with van der Waals surface area (Å²) >= 11 is 2.90. The number of aromatic nitrogens is 1. The van der Waals surface area contributed by atoms with E-state index < -0.39 is 0 Å².